The van der Waals surface area contributed by atoms with Crippen molar-refractivity contribution >= 4 is 6.03 Å². The Labute approximate surface area is 138 Å². The molecule has 0 aliphatic carbocycles. The predicted octanol–water partition coefficient (Wildman–Crippen LogP) is 1.94. The fraction of sp³-hybridized carbons (Fsp3) is 0.588. The van der Waals surface area contributed by atoms with Crippen molar-refractivity contribution in [2.45, 2.75) is 25.9 Å². The van der Waals surface area contributed by atoms with E-state index in [4.69, 9.17) is 9.47 Å². The van der Waals surface area contributed by atoms with E-state index in [1.54, 1.807) is 12.0 Å². The van der Waals surface area contributed by atoms with Gasteiger partial charge in [-0.2, -0.15) is 0 Å². The third-order valence-corrected chi connectivity index (χ3v) is 4.23. The second-order valence-electron chi connectivity index (χ2n) is 5.86. The highest BCUT2D eigenvalue weighted by Crippen LogP contribution is 2.31. The van der Waals surface area contributed by atoms with Crippen LogP contribution in [0.5, 0.6) is 11.5 Å². The molecular weight excluding hydrogens is 294 g/mol. The van der Waals surface area contributed by atoms with Crippen molar-refractivity contribution in [2.24, 2.45) is 0 Å². The van der Waals surface area contributed by atoms with Crippen molar-refractivity contribution in [3.63, 3.8) is 0 Å². The maximum absolute atomic E-state index is 12.4. The van der Waals surface area contributed by atoms with Crippen LogP contribution in [0.4, 0.5) is 4.79 Å². The third-order valence-electron chi connectivity index (χ3n) is 4.23. The molecule has 1 saturated heterocycles. The molecule has 2 amide bonds. The van der Waals surface area contributed by atoms with Gasteiger partial charge < -0.3 is 24.6 Å². The van der Waals surface area contributed by atoms with Crippen molar-refractivity contribution in [2.75, 3.05) is 40.9 Å². The minimum absolute atomic E-state index is 0.0597. The van der Waals surface area contributed by atoms with E-state index < -0.39 is 0 Å². The number of likely N-dealkylation sites (N-methyl/N-ethyl adjacent to an activating group) is 2. The lowest BCUT2D eigenvalue weighted by Gasteiger charge is -2.25. The number of carbonyl (C=O) groups excluding carboxylic acids is 1. The summed E-state index contributed by atoms with van der Waals surface area (Å²) < 4.78 is 11.0. The Kier molecular flexibility index (Phi) is 6.10. The predicted molar refractivity (Wildman–Crippen MR) is 90.1 cm³/mol. The molecule has 1 unspecified atom stereocenters. The van der Waals surface area contributed by atoms with Crippen LogP contribution >= 0.6 is 0 Å². The van der Waals surface area contributed by atoms with Gasteiger partial charge in [0.15, 0.2) is 11.5 Å². The number of benzene rings is 1. The van der Waals surface area contributed by atoms with E-state index in [0.29, 0.717) is 24.7 Å². The Morgan fingerprint density at radius 1 is 1.48 bits per heavy atom. The molecule has 0 radical (unpaired) electrons. The standard InChI is InChI=1S/C17H27N3O3/c1-5-23-16-13(7-6-8-15(16)22-4)11-18-17(21)20(3)14-9-10-19(2)12-14/h6-8,14H,5,9-12H2,1-4H3,(H,18,21). The maximum atomic E-state index is 12.4. The van der Waals surface area contributed by atoms with Gasteiger partial charge in [0.05, 0.1) is 13.7 Å². The Balaban J connectivity index is 1.98. The summed E-state index contributed by atoms with van der Waals surface area (Å²) >= 11 is 0. The number of hydrogen-bond acceptors (Lipinski definition) is 4. The number of hydrogen-bond donors (Lipinski definition) is 1. The lowest BCUT2D eigenvalue weighted by molar-refractivity contribution is 0.190. The molecule has 1 aliphatic heterocycles. The van der Waals surface area contributed by atoms with Gasteiger partial charge >= 0.3 is 6.03 Å². The van der Waals surface area contributed by atoms with E-state index >= 15 is 0 Å². The number of nitrogens with zero attached hydrogens (tertiary/aromatic N) is 2. The topological polar surface area (TPSA) is 54.0 Å². The zero-order chi connectivity index (χ0) is 16.8. The summed E-state index contributed by atoms with van der Waals surface area (Å²) in [5.41, 5.74) is 0.913. The van der Waals surface area contributed by atoms with E-state index in [-0.39, 0.29) is 12.1 Å². The van der Waals surface area contributed by atoms with Gasteiger partial charge in [0.1, 0.15) is 0 Å². The van der Waals surface area contributed by atoms with Crippen LogP contribution in [0, 0.1) is 0 Å². The van der Waals surface area contributed by atoms with Gasteiger partial charge in [-0.15, -0.1) is 0 Å². The van der Waals surface area contributed by atoms with Gasteiger partial charge in [-0.05, 0) is 33.0 Å². The number of amides is 2. The molecule has 1 aliphatic rings. The first-order valence-electron chi connectivity index (χ1n) is 8.04. The lowest BCUT2D eigenvalue weighted by atomic mass is 10.2. The fourth-order valence-corrected chi connectivity index (χ4v) is 2.86. The average Bonchev–Trinajstić information content (AvgIpc) is 2.99. The smallest absolute Gasteiger partial charge is 0.317 e. The summed E-state index contributed by atoms with van der Waals surface area (Å²) in [6, 6.07) is 5.92. The monoisotopic (exact) mass is 321 g/mol. The van der Waals surface area contributed by atoms with E-state index in [2.05, 4.69) is 17.3 Å². The molecule has 2 rings (SSSR count). The van der Waals surface area contributed by atoms with Gasteiger partial charge in [-0.3, -0.25) is 0 Å². The van der Waals surface area contributed by atoms with Crippen molar-refractivity contribution < 1.29 is 14.3 Å². The summed E-state index contributed by atoms with van der Waals surface area (Å²) in [7, 11) is 5.55. The number of rotatable bonds is 6. The zero-order valence-corrected chi connectivity index (χ0v) is 14.5. The summed E-state index contributed by atoms with van der Waals surface area (Å²) in [6.45, 7) is 4.85. The Morgan fingerprint density at radius 3 is 2.87 bits per heavy atom. The number of carbonyl (C=O) groups is 1. The number of para-hydroxylation sites is 1. The second kappa shape index (κ2) is 8.06. The summed E-state index contributed by atoms with van der Waals surface area (Å²) in [4.78, 5) is 16.4. The normalized spacial score (nSPS) is 17.8. The van der Waals surface area contributed by atoms with Crippen LogP contribution in [-0.2, 0) is 6.54 Å². The van der Waals surface area contributed by atoms with Gasteiger partial charge in [0, 0.05) is 31.7 Å². The number of urea groups is 1. The Bertz CT molecular complexity index is 536. The largest absolute Gasteiger partial charge is 0.493 e. The molecule has 128 valence electrons. The molecule has 1 N–H and O–H groups in total. The first kappa shape index (κ1) is 17.4. The van der Waals surface area contributed by atoms with Gasteiger partial charge in [0.2, 0.25) is 0 Å². The van der Waals surface area contributed by atoms with Crippen LogP contribution in [-0.4, -0.2) is 62.8 Å². The number of ether oxygens (including phenoxy) is 2. The molecule has 1 aromatic rings. The summed E-state index contributed by atoms with van der Waals surface area (Å²) in [5, 5.41) is 2.97. The lowest BCUT2D eigenvalue weighted by Crippen LogP contribution is -2.44. The second-order valence-corrected chi connectivity index (χ2v) is 5.86. The Morgan fingerprint density at radius 2 is 2.26 bits per heavy atom. The molecule has 0 spiro atoms. The molecule has 23 heavy (non-hydrogen) atoms. The van der Waals surface area contributed by atoms with Crippen molar-refractivity contribution in [1.82, 2.24) is 15.1 Å². The molecule has 6 nitrogen and oxygen atoms in total. The van der Waals surface area contributed by atoms with E-state index in [0.717, 1.165) is 25.1 Å². The molecular formula is C17H27N3O3. The molecule has 0 aromatic heterocycles. The summed E-state index contributed by atoms with van der Waals surface area (Å²) in [5.74, 6) is 1.38. The highest BCUT2D eigenvalue weighted by atomic mass is 16.5. The molecule has 1 heterocycles. The minimum Gasteiger partial charge on any atom is -0.493 e. The van der Waals surface area contributed by atoms with Crippen LogP contribution < -0.4 is 14.8 Å². The van der Waals surface area contributed by atoms with Gasteiger partial charge in [0.25, 0.3) is 0 Å². The third kappa shape index (κ3) is 4.28. The SMILES string of the molecule is CCOc1c(CNC(=O)N(C)C2CCN(C)C2)cccc1OC. The molecule has 0 saturated carbocycles. The first-order valence-corrected chi connectivity index (χ1v) is 8.04. The highest BCUT2D eigenvalue weighted by Gasteiger charge is 2.26. The zero-order valence-electron chi connectivity index (χ0n) is 14.5. The average molecular weight is 321 g/mol. The van der Waals surface area contributed by atoms with Gasteiger partial charge in [-0.1, -0.05) is 12.1 Å². The van der Waals surface area contributed by atoms with Crippen molar-refractivity contribution in [3.05, 3.63) is 23.8 Å². The van der Waals surface area contributed by atoms with Crippen LogP contribution in [0.3, 0.4) is 0 Å². The number of nitrogens with one attached hydrogen (secondary N) is 1. The molecule has 1 aromatic carbocycles. The van der Waals surface area contributed by atoms with Crippen LogP contribution in [0.25, 0.3) is 0 Å². The quantitative estimate of drug-likeness (QED) is 0.870. The van der Waals surface area contributed by atoms with E-state index in [1.165, 1.54) is 0 Å². The van der Waals surface area contributed by atoms with Crippen LogP contribution in [0.2, 0.25) is 0 Å². The fourth-order valence-electron chi connectivity index (χ4n) is 2.86. The molecule has 0 bridgehead atoms. The van der Waals surface area contributed by atoms with E-state index in [1.807, 2.05) is 32.2 Å². The molecule has 1 atom stereocenters. The van der Waals surface area contributed by atoms with E-state index in [9.17, 15) is 4.79 Å². The highest BCUT2D eigenvalue weighted by molar-refractivity contribution is 5.74. The summed E-state index contributed by atoms with van der Waals surface area (Å²) in [6.07, 6.45) is 1.02. The Hall–Kier alpha value is -1.95. The van der Waals surface area contributed by atoms with Crippen LogP contribution in [0.15, 0.2) is 18.2 Å². The minimum atomic E-state index is -0.0597. The van der Waals surface area contributed by atoms with Crippen molar-refractivity contribution in [3.8, 4) is 11.5 Å². The van der Waals surface area contributed by atoms with Crippen molar-refractivity contribution in [1.29, 1.82) is 0 Å². The molecule has 1 fully saturated rings. The van der Waals surface area contributed by atoms with Crippen LogP contribution in [0.1, 0.15) is 18.9 Å². The number of methoxy groups -OCH3 is 1. The maximum Gasteiger partial charge on any atom is 0.317 e. The molecule has 6 heteroatoms. The first-order chi connectivity index (χ1) is 11.1. The number of likely N-dealkylation sites (tertiary alicyclic amines) is 1. The van der Waals surface area contributed by atoms with Gasteiger partial charge in [-0.25, -0.2) is 4.79 Å².